The third-order valence-electron chi connectivity index (χ3n) is 3.00. The molecule has 1 aliphatic heterocycles. The van der Waals surface area contributed by atoms with E-state index in [-0.39, 0.29) is 5.97 Å². The molecule has 0 aromatic carbocycles. The van der Waals surface area contributed by atoms with Gasteiger partial charge in [-0.3, -0.25) is 9.69 Å². The van der Waals surface area contributed by atoms with Crippen LogP contribution in [0.4, 0.5) is 0 Å². The van der Waals surface area contributed by atoms with Crippen molar-refractivity contribution in [3.8, 4) is 0 Å². The molecule has 4 heteroatoms. The number of piperidine rings is 1. The number of methoxy groups -OCH3 is 1. The molecule has 0 aromatic rings. The summed E-state index contributed by atoms with van der Waals surface area (Å²) in [5.41, 5.74) is 0. The first-order chi connectivity index (χ1) is 7.61. The fourth-order valence-corrected chi connectivity index (χ4v) is 2.11. The molecular weight excluding hydrogens is 204 g/mol. The normalized spacial score (nSPS) is 22.4. The van der Waals surface area contributed by atoms with Crippen LogP contribution in [0, 0.1) is 5.92 Å². The van der Waals surface area contributed by atoms with Crippen LogP contribution in [0.15, 0.2) is 0 Å². The van der Waals surface area contributed by atoms with Crippen LogP contribution < -0.4 is 5.32 Å². The van der Waals surface area contributed by atoms with E-state index >= 15 is 0 Å². The van der Waals surface area contributed by atoms with Crippen LogP contribution in [0.3, 0.4) is 0 Å². The van der Waals surface area contributed by atoms with E-state index in [1.807, 2.05) is 0 Å². The standard InChI is InChI=1S/C12H24N2O2/c1-10(2)13-7-11-5-4-6-14(8-11)9-12(15)16-3/h10-11,13H,4-9H2,1-3H3. The predicted molar refractivity (Wildman–Crippen MR) is 64.3 cm³/mol. The zero-order valence-electron chi connectivity index (χ0n) is 10.7. The molecule has 1 heterocycles. The number of nitrogens with one attached hydrogen (secondary N) is 1. The van der Waals surface area contributed by atoms with Crippen molar-refractivity contribution in [1.82, 2.24) is 10.2 Å². The molecule has 16 heavy (non-hydrogen) atoms. The first-order valence-corrected chi connectivity index (χ1v) is 6.14. The third-order valence-corrected chi connectivity index (χ3v) is 3.00. The first kappa shape index (κ1) is 13.5. The first-order valence-electron chi connectivity index (χ1n) is 6.14. The molecule has 1 rings (SSSR count). The fourth-order valence-electron chi connectivity index (χ4n) is 2.11. The van der Waals surface area contributed by atoms with E-state index in [9.17, 15) is 4.79 Å². The third kappa shape index (κ3) is 4.94. The van der Waals surface area contributed by atoms with Gasteiger partial charge in [0.15, 0.2) is 0 Å². The van der Waals surface area contributed by atoms with Crippen LogP contribution in [0.25, 0.3) is 0 Å². The van der Waals surface area contributed by atoms with Gasteiger partial charge in [-0.1, -0.05) is 13.8 Å². The fraction of sp³-hybridized carbons (Fsp3) is 0.917. The molecule has 0 spiro atoms. The Labute approximate surface area is 98.3 Å². The maximum atomic E-state index is 11.2. The lowest BCUT2D eigenvalue weighted by atomic mass is 9.98. The van der Waals surface area contributed by atoms with E-state index in [0.717, 1.165) is 19.6 Å². The van der Waals surface area contributed by atoms with E-state index in [1.54, 1.807) is 0 Å². The lowest BCUT2D eigenvalue weighted by molar-refractivity contribution is -0.142. The van der Waals surface area contributed by atoms with Gasteiger partial charge in [-0.2, -0.15) is 0 Å². The van der Waals surface area contributed by atoms with Crippen LogP contribution in [0.2, 0.25) is 0 Å². The van der Waals surface area contributed by atoms with Gasteiger partial charge in [0.2, 0.25) is 0 Å². The summed E-state index contributed by atoms with van der Waals surface area (Å²) in [4.78, 5) is 13.4. The van der Waals surface area contributed by atoms with Crippen molar-refractivity contribution < 1.29 is 9.53 Å². The van der Waals surface area contributed by atoms with Crippen molar-refractivity contribution in [1.29, 1.82) is 0 Å². The number of carbonyl (C=O) groups excluding carboxylic acids is 1. The monoisotopic (exact) mass is 228 g/mol. The van der Waals surface area contributed by atoms with Gasteiger partial charge in [-0.05, 0) is 31.8 Å². The molecule has 94 valence electrons. The van der Waals surface area contributed by atoms with E-state index in [2.05, 4.69) is 24.1 Å². The van der Waals surface area contributed by atoms with E-state index < -0.39 is 0 Å². The van der Waals surface area contributed by atoms with Crippen molar-refractivity contribution in [2.24, 2.45) is 5.92 Å². The van der Waals surface area contributed by atoms with Gasteiger partial charge in [0.1, 0.15) is 0 Å². The second-order valence-corrected chi connectivity index (χ2v) is 4.88. The van der Waals surface area contributed by atoms with Gasteiger partial charge < -0.3 is 10.1 Å². The van der Waals surface area contributed by atoms with E-state index in [0.29, 0.717) is 18.5 Å². The molecule has 0 saturated carbocycles. The van der Waals surface area contributed by atoms with Crippen LogP contribution >= 0.6 is 0 Å². The van der Waals surface area contributed by atoms with Crippen molar-refractivity contribution in [3.63, 3.8) is 0 Å². The number of ether oxygens (including phenoxy) is 1. The van der Waals surface area contributed by atoms with Gasteiger partial charge in [0.05, 0.1) is 13.7 Å². The predicted octanol–water partition coefficient (Wildman–Crippen LogP) is 0.869. The lowest BCUT2D eigenvalue weighted by Crippen LogP contribution is -2.43. The molecule has 0 aliphatic carbocycles. The van der Waals surface area contributed by atoms with Crippen LogP contribution in [-0.4, -0.2) is 50.2 Å². The highest BCUT2D eigenvalue weighted by Crippen LogP contribution is 2.15. The average molecular weight is 228 g/mol. The zero-order chi connectivity index (χ0) is 12.0. The second-order valence-electron chi connectivity index (χ2n) is 4.88. The minimum absolute atomic E-state index is 0.127. The van der Waals surface area contributed by atoms with E-state index in [1.165, 1.54) is 20.0 Å². The second kappa shape index (κ2) is 6.86. The number of likely N-dealkylation sites (tertiary alicyclic amines) is 1. The molecule has 0 amide bonds. The van der Waals surface area contributed by atoms with Crippen molar-refractivity contribution in [2.45, 2.75) is 32.7 Å². The van der Waals surface area contributed by atoms with Gasteiger partial charge in [0, 0.05) is 12.6 Å². The molecule has 1 aliphatic rings. The van der Waals surface area contributed by atoms with Gasteiger partial charge in [0.25, 0.3) is 0 Å². The Bertz CT molecular complexity index is 219. The number of hydrogen-bond donors (Lipinski definition) is 1. The summed E-state index contributed by atoms with van der Waals surface area (Å²) < 4.78 is 4.69. The topological polar surface area (TPSA) is 41.6 Å². The Balaban J connectivity index is 2.26. The molecular formula is C12H24N2O2. The SMILES string of the molecule is COC(=O)CN1CCCC(CNC(C)C)C1. The molecule has 1 unspecified atom stereocenters. The Morgan fingerprint density at radius 2 is 2.31 bits per heavy atom. The highest BCUT2D eigenvalue weighted by Gasteiger charge is 2.21. The number of carbonyl (C=O) groups is 1. The van der Waals surface area contributed by atoms with Crippen molar-refractivity contribution >= 4 is 5.97 Å². The highest BCUT2D eigenvalue weighted by molar-refractivity contribution is 5.71. The summed E-state index contributed by atoms with van der Waals surface area (Å²) in [5, 5.41) is 3.46. The van der Waals surface area contributed by atoms with E-state index in [4.69, 9.17) is 4.74 Å². The largest absolute Gasteiger partial charge is 0.468 e. The molecule has 0 bridgehead atoms. The summed E-state index contributed by atoms with van der Waals surface area (Å²) in [6, 6.07) is 0.538. The quantitative estimate of drug-likeness (QED) is 0.709. The average Bonchev–Trinajstić information content (AvgIpc) is 2.26. The maximum absolute atomic E-state index is 11.2. The van der Waals surface area contributed by atoms with Crippen LogP contribution in [0.1, 0.15) is 26.7 Å². The van der Waals surface area contributed by atoms with Crippen LogP contribution in [0.5, 0.6) is 0 Å². The summed E-state index contributed by atoms with van der Waals surface area (Å²) in [5.74, 6) is 0.540. The Morgan fingerprint density at radius 1 is 1.56 bits per heavy atom. The molecule has 0 aromatic heterocycles. The smallest absolute Gasteiger partial charge is 0.319 e. The lowest BCUT2D eigenvalue weighted by Gasteiger charge is -2.32. The Hall–Kier alpha value is -0.610. The summed E-state index contributed by atoms with van der Waals surface area (Å²) in [6.45, 7) is 7.84. The summed E-state index contributed by atoms with van der Waals surface area (Å²) >= 11 is 0. The number of nitrogens with zero attached hydrogens (tertiary/aromatic N) is 1. The number of hydrogen-bond acceptors (Lipinski definition) is 4. The van der Waals surface area contributed by atoms with Crippen LogP contribution in [-0.2, 0) is 9.53 Å². The Morgan fingerprint density at radius 3 is 2.94 bits per heavy atom. The van der Waals surface area contributed by atoms with Gasteiger partial charge in [-0.15, -0.1) is 0 Å². The van der Waals surface area contributed by atoms with Gasteiger partial charge >= 0.3 is 5.97 Å². The molecule has 1 fully saturated rings. The summed E-state index contributed by atoms with van der Waals surface area (Å²) in [6.07, 6.45) is 2.44. The minimum atomic E-state index is -0.127. The maximum Gasteiger partial charge on any atom is 0.319 e. The zero-order valence-corrected chi connectivity index (χ0v) is 10.7. The van der Waals surface area contributed by atoms with Crippen molar-refractivity contribution in [2.75, 3.05) is 33.3 Å². The highest BCUT2D eigenvalue weighted by atomic mass is 16.5. The molecule has 0 radical (unpaired) electrons. The number of rotatable bonds is 5. The molecule has 4 nitrogen and oxygen atoms in total. The van der Waals surface area contributed by atoms with Crippen molar-refractivity contribution in [3.05, 3.63) is 0 Å². The molecule has 1 saturated heterocycles. The number of esters is 1. The molecule has 1 N–H and O–H groups in total. The Kier molecular flexibility index (Phi) is 5.77. The minimum Gasteiger partial charge on any atom is -0.468 e. The molecule has 1 atom stereocenters. The van der Waals surface area contributed by atoms with Gasteiger partial charge in [-0.25, -0.2) is 0 Å². The summed E-state index contributed by atoms with van der Waals surface area (Å²) in [7, 11) is 1.45.